The van der Waals surface area contributed by atoms with Crippen LogP contribution in [0.25, 0.3) is 0 Å². The average Bonchev–Trinajstić information content (AvgIpc) is 2.35. The van der Waals surface area contributed by atoms with Crippen molar-refractivity contribution in [3.05, 3.63) is 57.6 Å². The van der Waals surface area contributed by atoms with Gasteiger partial charge in [-0.3, -0.25) is 0 Å². The number of nitrogens with two attached hydrogens (primary N) is 1. The molecule has 0 aliphatic rings. The minimum Gasteiger partial charge on any atom is -0.389 e. The SMILES string of the molecule is Cc1ccc(Cl)cc1Nc1ccc(Cl)cc1C(N)=S. The van der Waals surface area contributed by atoms with Crippen molar-refractivity contribution < 1.29 is 0 Å². The van der Waals surface area contributed by atoms with Gasteiger partial charge in [0.1, 0.15) is 4.99 Å². The van der Waals surface area contributed by atoms with Crippen LogP contribution in [-0.2, 0) is 0 Å². The smallest absolute Gasteiger partial charge is 0.106 e. The molecule has 0 atom stereocenters. The Kier molecular flexibility index (Phi) is 4.30. The van der Waals surface area contributed by atoms with Crippen molar-refractivity contribution in [3.63, 3.8) is 0 Å². The Balaban J connectivity index is 2.43. The van der Waals surface area contributed by atoms with Crippen molar-refractivity contribution in [2.45, 2.75) is 6.92 Å². The minimum atomic E-state index is 0.296. The summed E-state index contributed by atoms with van der Waals surface area (Å²) in [6, 6.07) is 11.0. The molecule has 0 heterocycles. The maximum absolute atomic E-state index is 6.00. The lowest BCUT2D eigenvalue weighted by Gasteiger charge is -2.14. The molecule has 2 aromatic rings. The minimum absolute atomic E-state index is 0.296. The third-order valence-corrected chi connectivity index (χ3v) is 3.41. The maximum atomic E-state index is 6.00. The molecule has 0 aliphatic heterocycles. The van der Waals surface area contributed by atoms with E-state index in [0.717, 1.165) is 16.9 Å². The van der Waals surface area contributed by atoms with Crippen molar-refractivity contribution in [1.82, 2.24) is 0 Å². The van der Waals surface area contributed by atoms with Crippen LogP contribution in [0.15, 0.2) is 36.4 Å². The fraction of sp³-hybridized carbons (Fsp3) is 0.0714. The van der Waals surface area contributed by atoms with Gasteiger partial charge in [-0.2, -0.15) is 0 Å². The zero-order valence-electron chi connectivity index (χ0n) is 10.2. The van der Waals surface area contributed by atoms with Crippen molar-refractivity contribution in [3.8, 4) is 0 Å². The Morgan fingerprint density at radius 3 is 2.37 bits per heavy atom. The summed E-state index contributed by atoms with van der Waals surface area (Å²) in [6.07, 6.45) is 0. The van der Waals surface area contributed by atoms with Gasteiger partial charge in [0, 0.05) is 27.0 Å². The van der Waals surface area contributed by atoms with E-state index in [4.69, 9.17) is 41.2 Å². The van der Waals surface area contributed by atoms with Crippen molar-refractivity contribution >= 4 is 51.8 Å². The Bertz CT molecular complexity index is 641. The number of benzene rings is 2. The number of nitrogens with one attached hydrogen (secondary N) is 1. The van der Waals surface area contributed by atoms with E-state index in [-0.39, 0.29) is 0 Å². The molecule has 3 N–H and O–H groups in total. The van der Waals surface area contributed by atoms with Crippen LogP contribution in [0.3, 0.4) is 0 Å². The van der Waals surface area contributed by atoms with Gasteiger partial charge in [-0.25, -0.2) is 0 Å². The van der Waals surface area contributed by atoms with Crippen LogP contribution >= 0.6 is 35.4 Å². The molecular formula is C14H12Cl2N2S. The Hall–Kier alpha value is -1.29. The second-order valence-corrected chi connectivity index (χ2v) is 5.45. The lowest BCUT2D eigenvalue weighted by atomic mass is 10.1. The van der Waals surface area contributed by atoms with Gasteiger partial charge >= 0.3 is 0 Å². The molecule has 0 aromatic heterocycles. The number of rotatable bonds is 3. The molecule has 0 bridgehead atoms. The van der Waals surface area contributed by atoms with Gasteiger partial charge in [-0.15, -0.1) is 0 Å². The van der Waals surface area contributed by atoms with E-state index >= 15 is 0 Å². The molecule has 0 saturated carbocycles. The Morgan fingerprint density at radius 1 is 1.05 bits per heavy atom. The number of anilines is 2. The highest BCUT2D eigenvalue weighted by molar-refractivity contribution is 7.80. The van der Waals surface area contributed by atoms with Crippen LogP contribution < -0.4 is 11.1 Å². The van der Waals surface area contributed by atoms with Crippen LogP contribution in [0, 0.1) is 6.92 Å². The normalized spacial score (nSPS) is 10.3. The summed E-state index contributed by atoms with van der Waals surface area (Å²) in [5.74, 6) is 0. The van der Waals surface area contributed by atoms with E-state index in [2.05, 4.69) is 5.32 Å². The molecule has 0 radical (unpaired) electrons. The average molecular weight is 311 g/mol. The van der Waals surface area contributed by atoms with Crippen molar-refractivity contribution in [1.29, 1.82) is 0 Å². The molecule has 0 aliphatic carbocycles. The number of halogens is 2. The fourth-order valence-electron chi connectivity index (χ4n) is 1.70. The van der Waals surface area contributed by atoms with Gasteiger partial charge in [0.15, 0.2) is 0 Å². The number of aryl methyl sites for hydroxylation is 1. The predicted octanol–water partition coefficient (Wildman–Crippen LogP) is 4.68. The summed E-state index contributed by atoms with van der Waals surface area (Å²) in [6.45, 7) is 2.00. The number of hydrogen-bond acceptors (Lipinski definition) is 2. The van der Waals surface area contributed by atoms with Gasteiger partial charge in [0.2, 0.25) is 0 Å². The standard InChI is InChI=1S/C14H12Cl2N2S/c1-8-2-3-10(16)7-13(8)18-12-5-4-9(15)6-11(12)14(17)19/h2-7,18H,1H3,(H2,17,19). The molecule has 98 valence electrons. The first-order valence-electron chi connectivity index (χ1n) is 5.60. The van der Waals surface area contributed by atoms with Crippen LogP contribution in [0.1, 0.15) is 11.1 Å². The lowest BCUT2D eigenvalue weighted by Crippen LogP contribution is -2.12. The summed E-state index contributed by atoms with van der Waals surface area (Å²) in [4.78, 5) is 0.296. The first-order valence-corrected chi connectivity index (χ1v) is 6.76. The van der Waals surface area contributed by atoms with Crippen LogP contribution in [-0.4, -0.2) is 4.99 Å². The molecular weight excluding hydrogens is 299 g/mol. The molecule has 0 amide bonds. The van der Waals surface area contributed by atoms with Gasteiger partial charge in [-0.1, -0.05) is 41.5 Å². The van der Waals surface area contributed by atoms with E-state index in [1.165, 1.54) is 0 Å². The molecule has 0 spiro atoms. The number of hydrogen-bond donors (Lipinski definition) is 2. The van der Waals surface area contributed by atoms with E-state index < -0.39 is 0 Å². The summed E-state index contributed by atoms with van der Waals surface area (Å²) in [7, 11) is 0. The second-order valence-electron chi connectivity index (χ2n) is 4.14. The van der Waals surface area contributed by atoms with E-state index in [0.29, 0.717) is 20.6 Å². The van der Waals surface area contributed by atoms with Gasteiger partial charge in [-0.05, 0) is 42.8 Å². The summed E-state index contributed by atoms with van der Waals surface area (Å²) in [5.41, 5.74) is 9.22. The third kappa shape index (κ3) is 3.38. The summed E-state index contributed by atoms with van der Waals surface area (Å²) < 4.78 is 0. The van der Waals surface area contributed by atoms with Crippen molar-refractivity contribution in [2.75, 3.05) is 5.32 Å². The molecule has 2 rings (SSSR count). The largest absolute Gasteiger partial charge is 0.389 e. The molecule has 0 unspecified atom stereocenters. The predicted molar refractivity (Wildman–Crippen MR) is 86.8 cm³/mol. The Morgan fingerprint density at radius 2 is 1.68 bits per heavy atom. The fourth-order valence-corrected chi connectivity index (χ4v) is 2.22. The first kappa shape index (κ1) is 14.1. The van der Waals surface area contributed by atoms with E-state index in [1.54, 1.807) is 12.1 Å². The molecule has 2 nitrogen and oxygen atoms in total. The Labute approximate surface area is 127 Å². The maximum Gasteiger partial charge on any atom is 0.106 e. The zero-order valence-corrected chi connectivity index (χ0v) is 12.5. The molecule has 0 saturated heterocycles. The summed E-state index contributed by atoms with van der Waals surface area (Å²) in [5, 5.41) is 4.54. The van der Waals surface area contributed by atoms with Gasteiger partial charge < -0.3 is 11.1 Å². The van der Waals surface area contributed by atoms with Crippen LogP contribution in [0.4, 0.5) is 11.4 Å². The highest BCUT2D eigenvalue weighted by Gasteiger charge is 2.08. The van der Waals surface area contributed by atoms with E-state index in [1.807, 2.05) is 31.2 Å². The quantitative estimate of drug-likeness (QED) is 0.808. The molecule has 19 heavy (non-hydrogen) atoms. The van der Waals surface area contributed by atoms with Gasteiger partial charge in [0.05, 0.1) is 0 Å². The topological polar surface area (TPSA) is 38.0 Å². The first-order chi connectivity index (χ1) is 8.97. The summed E-state index contributed by atoms with van der Waals surface area (Å²) >= 11 is 17.0. The van der Waals surface area contributed by atoms with E-state index in [9.17, 15) is 0 Å². The molecule has 2 aromatic carbocycles. The highest BCUT2D eigenvalue weighted by atomic mass is 35.5. The molecule has 5 heteroatoms. The monoisotopic (exact) mass is 310 g/mol. The van der Waals surface area contributed by atoms with Crippen LogP contribution in [0.2, 0.25) is 10.0 Å². The van der Waals surface area contributed by atoms with Crippen LogP contribution in [0.5, 0.6) is 0 Å². The highest BCUT2D eigenvalue weighted by Crippen LogP contribution is 2.27. The zero-order chi connectivity index (χ0) is 14.0. The van der Waals surface area contributed by atoms with Gasteiger partial charge in [0.25, 0.3) is 0 Å². The second kappa shape index (κ2) is 5.78. The molecule has 0 fully saturated rings. The lowest BCUT2D eigenvalue weighted by molar-refractivity contribution is 1.42. The van der Waals surface area contributed by atoms with Crippen molar-refractivity contribution in [2.24, 2.45) is 5.73 Å². The number of thiocarbonyl (C=S) groups is 1. The third-order valence-electron chi connectivity index (χ3n) is 2.72.